The SMILES string of the molecule is CCN(c1nc(CN)cs1)C1CCCC1. The molecule has 1 aromatic heterocycles. The maximum absolute atomic E-state index is 5.58. The Morgan fingerprint density at radius 2 is 2.27 bits per heavy atom. The highest BCUT2D eigenvalue weighted by atomic mass is 32.1. The van der Waals surface area contributed by atoms with Crippen LogP contribution in [0.25, 0.3) is 0 Å². The lowest BCUT2D eigenvalue weighted by molar-refractivity contribution is 0.617. The first kappa shape index (κ1) is 10.9. The van der Waals surface area contributed by atoms with Gasteiger partial charge in [-0.25, -0.2) is 4.98 Å². The predicted molar refractivity (Wildman–Crippen MR) is 65.3 cm³/mol. The van der Waals surface area contributed by atoms with Crippen LogP contribution in [0.15, 0.2) is 5.38 Å². The Hall–Kier alpha value is -0.610. The highest BCUT2D eigenvalue weighted by molar-refractivity contribution is 7.13. The average Bonchev–Trinajstić information content (AvgIpc) is 2.89. The number of nitrogens with zero attached hydrogens (tertiary/aromatic N) is 2. The Morgan fingerprint density at radius 3 is 2.80 bits per heavy atom. The van der Waals surface area contributed by atoms with Gasteiger partial charge >= 0.3 is 0 Å². The van der Waals surface area contributed by atoms with Crippen molar-refractivity contribution in [2.45, 2.75) is 45.2 Å². The Bertz CT molecular complexity index is 305. The van der Waals surface area contributed by atoms with Gasteiger partial charge in [0.15, 0.2) is 5.13 Å². The largest absolute Gasteiger partial charge is 0.345 e. The fourth-order valence-electron chi connectivity index (χ4n) is 2.29. The van der Waals surface area contributed by atoms with Gasteiger partial charge in [0.1, 0.15) is 0 Å². The van der Waals surface area contributed by atoms with Gasteiger partial charge in [-0.1, -0.05) is 12.8 Å². The van der Waals surface area contributed by atoms with Gasteiger partial charge in [0.05, 0.1) is 5.69 Å². The van der Waals surface area contributed by atoms with Crippen LogP contribution in [0.5, 0.6) is 0 Å². The molecule has 1 aromatic rings. The van der Waals surface area contributed by atoms with E-state index in [1.165, 1.54) is 25.7 Å². The number of hydrogen-bond donors (Lipinski definition) is 1. The first-order valence-electron chi connectivity index (χ1n) is 5.76. The second-order valence-electron chi connectivity index (χ2n) is 4.05. The smallest absolute Gasteiger partial charge is 0.185 e. The van der Waals surface area contributed by atoms with E-state index in [0.717, 1.165) is 17.4 Å². The van der Waals surface area contributed by atoms with Crippen LogP contribution in [-0.2, 0) is 6.54 Å². The summed E-state index contributed by atoms with van der Waals surface area (Å²) in [5, 5.41) is 3.23. The number of aromatic nitrogens is 1. The zero-order chi connectivity index (χ0) is 10.7. The Labute approximate surface area is 95.3 Å². The average molecular weight is 225 g/mol. The molecule has 2 rings (SSSR count). The van der Waals surface area contributed by atoms with Crippen LogP contribution >= 0.6 is 11.3 Å². The molecule has 15 heavy (non-hydrogen) atoms. The topological polar surface area (TPSA) is 42.2 Å². The van der Waals surface area contributed by atoms with Crippen molar-refractivity contribution in [1.29, 1.82) is 0 Å². The number of hydrogen-bond acceptors (Lipinski definition) is 4. The minimum Gasteiger partial charge on any atom is -0.345 e. The van der Waals surface area contributed by atoms with Gasteiger partial charge < -0.3 is 10.6 Å². The summed E-state index contributed by atoms with van der Waals surface area (Å²) < 4.78 is 0. The van der Waals surface area contributed by atoms with Crippen molar-refractivity contribution in [3.05, 3.63) is 11.1 Å². The highest BCUT2D eigenvalue weighted by Crippen LogP contribution is 2.29. The van der Waals surface area contributed by atoms with Gasteiger partial charge in [0, 0.05) is 24.5 Å². The number of thiazole rings is 1. The maximum atomic E-state index is 5.58. The first-order chi connectivity index (χ1) is 7.35. The fraction of sp³-hybridized carbons (Fsp3) is 0.727. The molecule has 1 aliphatic rings. The summed E-state index contributed by atoms with van der Waals surface area (Å²) in [5.74, 6) is 0. The molecule has 1 aliphatic carbocycles. The lowest BCUT2D eigenvalue weighted by Gasteiger charge is -2.26. The molecule has 0 spiro atoms. The normalized spacial score (nSPS) is 17.2. The lowest BCUT2D eigenvalue weighted by atomic mass is 10.2. The Balaban J connectivity index is 2.10. The van der Waals surface area contributed by atoms with E-state index < -0.39 is 0 Å². The van der Waals surface area contributed by atoms with Crippen molar-refractivity contribution < 1.29 is 0 Å². The van der Waals surface area contributed by atoms with Gasteiger partial charge in [-0.05, 0) is 19.8 Å². The van der Waals surface area contributed by atoms with E-state index >= 15 is 0 Å². The molecule has 0 aromatic carbocycles. The molecule has 1 heterocycles. The van der Waals surface area contributed by atoms with Crippen LogP contribution < -0.4 is 10.6 Å². The quantitative estimate of drug-likeness (QED) is 0.855. The zero-order valence-electron chi connectivity index (χ0n) is 9.28. The summed E-state index contributed by atoms with van der Waals surface area (Å²) in [4.78, 5) is 7.01. The minimum absolute atomic E-state index is 0.554. The van der Waals surface area contributed by atoms with E-state index in [2.05, 4.69) is 22.2 Å². The summed E-state index contributed by atoms with van der Waals surface area (Å²) in [6.45, 7) is 3.82. The van der Waals surface area contributed by atoms with Crippen LogP contribution in [0.2, 0.25) is 0 Å². The van der Waals surface area contributed by atoms with Gasteiger partial charge in [0.25, 0.3) is 0 Å². The Kier molecular flexibility index (Phi) is 3.59. The van der Waals surface area contributed by atoms with Gasteiger partial charge in [-0.3, -0.25) is 0 Å². The van der Waals surface area contributed by atoms with Gasteiger partial charge in [0.2, 0.25) is 0 Å². The molecular weight excluding hydrogens is 206 g/mol. The monoisotopic (exact) mass is 225 g/mol. The predicted octanol–water partition coefficient (Wildman–Crippen LogP) is 2.37. The van der Waals surface area contributed by atoms with Crippen molar-refractivity contribution in [2.24, 2.45) is 5.73 Å². The molecule has 84 valence electrons. The maximum Gasteiger partial charge on any atom is 0.185 e. The molecule has 0 amide bonds. The molecule has 4 heteroatoms. The van der Waals surface area contributed by atoms with E-state index in [0.29, 0.717) is 12.6 Å². The zero-order valence-corrected chi connectivity index (χ0v) is 10.1. The molecule has 2 N–H and O–H groups in total. The van der Waals surface area contributed by atoms with Crippen molar-refractivity contribution in [2.75, 3.05) is 11.4 Å². The second kappa shape index (κ2) is 4.94. The third-order valence-corrected chi connectivity index (χ3v) is 4.03. The molecule has 1 saturated carbocycles. The fourth-order valence-corrected chi connectivity index (χ4v) is 3.26. The van der Waals surface area contributed by atoms with Crippen molar-refractivity contribution in [3.8, 4) is 0 Å². The van der Waals surface area contributed by atoms with E-state index in [1.54, 1.807) is 11.3 Å². The number of anilines is 1. The van der Waals surface area contributed by atoms with E-state index in [-0.39, 0.29) is 0 Å². The molecule has 0 bridgehead atoms. The van der Waals surface area contributed by atoms with Gasteiger partial charge in [-0.2, -0.15) is 0 Å². The van der Waals surface area contributed by atoms with Gasteiger partial charge in [-0.15, -0.1) is 11.3 Å². The van der Waals surface area contributed by atoms with E-state index in [4.69, 9.17) is 5.73 Å². The van der Waals surface area contributed by atoms with E-state index in [9.17, 15) is 0 Å². The minimum atomic E-state index is 0.554. The van der Waals surface area contributed by atoms with Crippen LogP contribution in [-0.4, -0.2) is 17.6 Å². The van der Waals surface area contributed by atoms with E-state index in [1.807, 2.05) is 0 Å². The first-order valence-corrected chi connectivity index (χ1v) is 6.64. The standard InChI is InChI=1S/C11H19N3S/c1-2-14(10-5-3-4-6-10)11-13-9(7-12)8-15-11/h8,10H,2-7,12H2,1H3. The Morgan fingerprint density at radius 1 is 1.53 bits per heavy atom. The molecule has 0 atom stereocenters. The van der Waals surface area contributed by atoms with Crippen molar-refractivity contribution in [3.63, 3.8) is 0 Å². The van der Waals surface area contributed by atoms with Crippen LogP contribution in [0.3, 0.4) is 0 Å². The third-order valence-electron chi connectivity index (χ3n) is 3.10. The highest BCUT2D eigenvalue weighted by Gasteiger charge is 2.23. The molecule has 0 aliphatic heterocycles. The summed E-state index contributed by atoms with van der Waals surface area (Å²) in [7, 11) is 0. The molecule has 1 fully saturated rings. The summed E-state index contributed by atoms with van der Waals surface area (Å²) >= 11 is 1.73. The van der Waals surface area contributed by atoms with Crippen molar-refractivity contribution >= 4 is 16.5 Å². The molecule has 0 saturated heterocycles. The third kappa shape index (κ3) is 2.32. The molecule has 0 unspecified atom stereocenters. The van der Waals surface area contributed by atoms with Crippen molar-refractivity contribution in [1.82, 2.24) is 4.98 Å². The number of rotatable bonds is 4. The van der Waals surface area contributed by atoms with Crippen LogP contribution in [0, 0.1) is 0 Å². The summed E-state index contributed by atoms with van der Waals surface area (Å²) in [6.07, 6.45) is 5.39. The summed E-state index contributed by atoms with van der Waals surface area (Å²) in [5.41, 5.74) is 6.60. The number of nitrogens with two attached hydrogens (primary N) is 1. The molecule has 3 nitrogen and oxygen atoms in total. The van der Waals surface area contributed by atoms with Crippen LogP contribution in [0.1, 0.15) is 38.3 Å². The molecular formula is C11H19N3S. The lowest BCUT2D eigenvalue weighted by Crippen LogP contribution is -2.32. The molecule has 0 radical (unpaired) electrons. The summed E-state index contributed by atoms with van der Waals surface area (Å²) in [6, 6.07) is 0.715. The van der Waals surface area contributed by atoms with Crippen LogP contribution in [0.4, 0.5) is 5.13 Å². The second-order valence-corrected chi connectivity index (χ2v) is 4.89.